The lowest BCUT2D eigenvalue weighted by Crippen LogP contribution is -2.02. The van der Waals surface area contributed by atoms with Crippen molar-refractivity contribution in [3.05, 3.63) is 29.8 Å². The van der Waals surface area contributed by atoms with Gasteiger partial charge in [-0.25, -0.2) is 0 Å². The highest BCUT2D eigenvalue weighted by molar-refractivity contribution is 5.45. The molecule has 0 atom stereocenters. The van der Waals surface area contributed by atoms with Gasteiger partial charge in [0.2, 0.25) is 0 Å². The van der Waals surface area contributed by atoms with Crippen molar-refractivity contribution < 1.29 is 0 Å². The number of aromatic nitrogens is 4. The molecule has 0 aromatic carbocycles. The molecule has 5 nitrogen and oxygen atoms in total. The first kappa shape index (κ1) is 11.7. The molecule has 0 radical (unpaired) electrons. The van der Waals surface area contributed by atoms with Crippen LogP contribution in [0.5, 0.6) is 0 Å². The maximum atomic E-state index is 4.43. The second-order valence-electron chi connectivity index (χ2n) is 4.00. The van der Waals surface area contributed by atoms with E-state index in [4.69, 9.17) is 0 Å². The molecule has 0 unspecified atom stereocenters. The van der Waals surface area contributed by atoms with Crippen LogP contribution < -0.4 is 5.32 Å². The predicted molar refractivity (Wildman–Crippen MR) is 67.9 cm³/mol. The summed E-state index contributed by atoms with van der Waals surface area (Å²) in [6.07, 6.45) is 4.03. The quantitative estimate of drug-likeness (QED) is 0.859. The van der Waals surface area contributed by atoms with Gasteiger partial charge in [0.25, 0.3) is 0 Å². The third kappa shape index (κ3) is 2.67. The van der Waals surface area contributed by atoms with Crippen LogP contribution in [0.4, 0.5) is 5.69 Å². The molecule has 5 heteroatoms. The third-order valence-corrected chi connectivity index (χ3v) is 2.75. The van der Waals surface area contributed by atoms with E-state index in [0.29, 0.717) is 0 Å². The third-order valence-electron chi connectivity index (χ3n) is 2.75. The summed E-state index contributed by atoms with van der Waals surface area (Å²) in [7, 11) is 0. The number of nitrogens with one attached hydrogen (secondary N) is 1. The SMILES string of the molecule is CCn1ccc(CNc2cn(CC)nc2C)n1. The van der Waals surface area contributed by atoms with Crippen LogP contribution >= 0.6 is 0 Å². The lowest BCUT2D eigenvalue weighted by atomic mass is 10.3. The van der Waals surface area contributed by atoms with Crippen LogP contribution in [0.2, 0.25) is 0 Å². The Hall–Kier alpha value is -1.78. The van der Waals surface area contributed by atoms with Crippen molar-refractivity contribution >= 4 is 5.69 Å². The van der Waals surface area contributed by atoms with Gasteiger partial charge in [0, 0.05) is 25.5 Å². The van der Waals surface area contributed by atoms with Gasteiger partial charge in [0.15, 0.2) is 0 Å². The summed E-state index contributed by atoms with van der Waals surface area (Å²) in [6.45, 7) is 8.72. The molecule has 17 heavy (non-hydrogen) atoms. The first-order chi connectivity index (χ1) is 8.22. The normalized spacial score (nSPS) is 10.8. The number of rotatable bonds is 5. The van der Waals surface area contributed by atoms with Crippen molar-refractivity contribution in [3.8, 4) is 0 Å². The van der Waals surface area contributed by atoms with Crippen LogP contribution in [0, 0.1) is 6.92 Å². The van der Waals surface area contributed by atoms with E-state index in [2.05, 4.69) is 29.4 Å². The highest BCUT2D eigenvalue weighted by Crippen LogP contribution is 2.13. The molecule has 0 aliphatic heterocycles. The van der Waals surface area contributed by atoms with Gasteiger partial charge in [-0.2, -0.15) is 10.2 Å². The van der Waals surface area contributed by atoms with E-state index in [1.807, 2.05) is 34.7 Å². The summed E-state index contributed by atoms with van der Waals surface area (Å²) >= 11 is 0. The molecule has 0 aliphatic carbocycles. The molecule has 2 rings (SSSR count). The molecule has 0 amide bonds. The van der Waals surface area contributed by atoms with Crippen LogP contribution in [0.1, 0.15) is 25.2 Å². The molecule has 0 fully saturated rings. The molecule has 0 aliphatic rings. The zero-order chi connectivity index (χ0) is 12.3. The van der Waals surface area contributed by atoms with Gasteiger partial charge in [-0.05, 0) is 26.8 Å². The fraction of sp³-hybridized carbons (Fsp3) is 0.500. The molecular weight excluding hydrogens is 214 g/mol. The van der Waals surface area contributed by atoms with Gasteiger partial charge in [0.1, 0.15) is 0 Å². The summed E-state index contributed by atoms with van der Waals surface area (Å²) in [5, 5.41) is 12.2. The molecule has 2 aromatic rings. The smallest absolute Gasteiger partial charge is 0.0825 e. The van der Waals surface area contributed by atoms with E-state index in [1.165, 1.54) is 0 Å². The standard InChI is InChI=1S/C12H19N5/c1-4-16-7-6-11(15-16)8-13-12-9-17(5-2)14-10(12)3/h6-7,9,13H,4-5,8H2,1-3H3. The maximum Gasteiger partial charge on any atom is 0.0825 e. The molecular formula is C12H19N5. The van der Waals surface area contributed by atoms with E-state index < -0.39 is 0 Å². The lowest BCUT2D eigenvalue weighted by molar-refractivity contribution is 0.649. The van der Waals surface area contributed by atoms with Gasteiger partial charge in [-0.15, -0.1) is 0 Å². The average Bonchev–Trinajstić information content (AvgIpc) is 2.93. The zero-order valence-corrected chi connectivity index (χ0v) is 10.6. The molecule has 2 aromatic heterocycles. The molecule has 92 valence electrons. The maximum absolute atomic E-state index is 4.43. The van der Waals surface area contributed by atoms with Crippen LogP contribution in [0.15, 0.2) is 18.5 Å². The van der Waals surface area contributed by atoms with Crippen LogP contribution in [0.25, 0.3) is 0 Å². The van der Waals surface area contributed by atoms with Crippen molar-refractivity contribution in [2.75, 3.05) is 5.32 Å². The van der Waals surface area contributed by atoms with Gasteiger partial charge in [-0.1, -0.05) is 0 Å². The minimum absolute atomic E-state index is 0.739. The molecule has 0 saturated heterocycles. The van der Waals surface area contributed by atoms with E-state index >= 15 is 0 Å². The van der Waals surface area contributed by atoms with E-state index in [1.54, 1.807) is 0 Å². The lowest BCUT2D eigenvalue weighted by Gasteiger charge is -2.01. The van der Waals surface area contributed by atoms with Gasteiger partial charge >= 0.3 is 0 Å². The number of hydrogen-bond donors (Lipinski definition) is 1. The number of anilines is 1. The first-order valence-electron chi connectivity index (χ1n) is 6.03. The largest absolute Gasteiger partial charge is 0.377 e. The van der Waals surface area contributed by atoms with E-state index in [-0.39, 0.29) is 0 Å². The zero-order valence-electron chi connectivity index (χ0n) is 10.6. The summed E-state index contributed by atoms with van der Waals surface area (Å²) in [5.41, 5.74) is 3.16. The Morgan fingerprint density at radius 1 is 1.18 bits per heavy atom. The second kappa shape index (κ2) is 5.03. The van der Waals surface area contributed by atoms with Gasteiger partial charge in [0.05, 0.1) is 23.6 Å². The van der Waals surface area contributed by atoms with Gasteiger partial charge in [-0.3, -0.25) is 9.36 Å². The Morgan fingerprint density at radius 2 is 1.94 bits per heavy atom. The van der Waals surface area contributed by atoms with Crippen molar-refractivity contribution in [1.82, 2.24) is 19.6 Å². The van der Waals surface area contributed by atoms with Crippen LogP contribution in [-0.4, -0.2) is 19.6 Å². The first-order valence-corrected chi connectivity index (χ1v) is 6.03. The molecule has 1 N–H and O–H groups in total. The summed E-state index contributed by atoms with van der Waals surface area (Å²) in [5.74, 6) is 0. The van der Waals surface area contributed by atoms with Crippen LogP contribution in [-0.2, 0) is 19.6 Å². The molecule has 0 bridgehead atoms. The van der Waals surface area contributed by atoms with Crippen LogP contribution in [0.3, 0.4) is 0 Å². The van der Waals surface area contributed by atoms with Crippen molar-refractivity contribution in [3.63, 3.8) is 0 Å². The Morgan fingerprint density at radius 3 is 2.53 bits per heavy atom. The minimum atomic E-state index is 0.739. The Balaban J connectivity index is 1.99. The summed E-state index contributed by atoms with van der Waals surface area (Å²) in [6, 6.07) is 2.04. The number of nitrogens with zero attached hydrogens (tertiary/aromatic N) is 4. The van der Waals surface area contributed by atoms with E-state index in [9.17, 15) is 0 Å². The molecule has 2 heterocycles. The van der Waals surface area contributed by atoms with Gasteiger partial charge < -0.3 is 5.32 Å². The highest BCUT2D eigenvalue weighted by Gasteiger charge is 2.04. The fourth-order valence-corrected chi connectivity index (χ4v) is 1.71. The summed E-state index contributed by atoms with van der Waals surface area (Å²) in [4.78, 5) is 0. The fourth-order valence-electron chi connectivity index (χ4n) is 1.71. The minimum Gasteiger partial charge on any atom is -0.377 e. The Bertz CT molecular complexity index is 483. The number of hydrogen-bond acceptors (Lipinski definition) is 3. The van der Waals surface area contributed by atoms with Crippen molar-refractivity contribution in [1.29, 1.82) is 0 Å². The second-order valence-corrected chi connectivity index (χ2v) is 4.00. The topological polar surface area (TPSA) is 47.7 Å². The Labute approximate surface area is 101 Å². The highest BCUT2D eigenvalue weighted by atomic mass is 15.3. The Kier molecular flexibility index (Phi) is 3.46. The number of aryl methyl sites for hydroxylation is 3. The predicted octanol–water partition coefficient (Wildman–Crippen LogP) is 2.04. The monoisotopic (exact) mass is 233 g/mol. The average molecular weight is 233 g/mol. The van der Waals surface area contributed by atoms with Crippen molar-refractivity contribution in [2.24, 2.45) is 0 Å². The molecule has 0 saturated carbocycles. The van der Waals surface area contributed by atoms with Crippen molar-refractivity contribution in [2.45, 2.75) is 40.4 Å². The van der Waals surface area contributed by atoms with E-state index in [0.717, 1.165) is 36.7 Å². The summed E-state index contributed by atoms with van der Waals surface area (Å²) < 4.78 is 3.86. The molecule has 0 spiro atoms.